The Morgan fingerprint density at radius 3 is 2.72 bits per heavy atom. The normalized spacial score (nSPS) is 29.2. The van der Waals surface area contributed by atoms with Gasteiger partial charge in [0, 0.05) is 30.2 Å². The molecule has 0 bridgehead atoms. The molecule has 3 aliphatic rings. The Kier molecular flexibility index (Phi) is 4.53. The Morgan fingerprint density at radius 2 is 1.92 bits per heavy atom. The lowest BCUT2D eigenvalue weighted by Crippen LogP contribution is -2.44. The zero-order chi connectivity index (χ0) is 17.4. The van der Waals surface area contributed by atoms with Crippen LogP contribution in [-0.4, -0.2) is 39.0 Å². The molecule has 3 atom stereocenters. The summed E-state index contributed by atoms with van der Waals surface area (Å²) in [6, 6.07) is 6.96. The Labute approximate surface area is 148 Å². The van der Waals surface area contributed by atoms with E-state index in [9.17, 15) is 13.2 Å². The number of carbonyl (C=O) groups is 1. The number of hydrogen-bond acceptors (Lipinski definition) is 5. The highest BCUT2D eigenvalue weighted by molar-refractivity contribution is 7.89. The molecule has 136 valence electrons. The second-order valence-electron chi connectivity index (χ2n) is 7.30. The van der Waals surface area contributed by atoms with Gasteiger partial charge in [-0.2, -0.15) is 0 Å². The summed E-state index contributed by atoms with van der Waals surface area (Å²) >= 11 is 0. The number of rotatable bonds is 5. The standard InChI is InChI=1S/C17H24N4O3S/c22-17(19-14-6-7-16-12(8-14)10-18-20-16)11-2-1-3-15(9-11)25(23,24)21-13-4-5-13/h1-3,9,12-14,16,18,20-21H,4-8,10H2,(H,19,22). The summed E-state index contributed by atoms with van der Waals surface area (Å²) in [5.74, 6) is 0.333. The van der Waals surface area contributed by atoms with E-state index >= 15 is 0 Å². The lowest BCUT2D eigenvalue weighted by atomic mass is 9.83. The van der Waals surface area contributed by atoms with Crippen LogP contribution in [-0.2, 0) is 10.0 Å². The Bertz CT molecular complexity index is 763. The number of benzene rings is 1. The molecule has 0 spiro atoms. The topological polar surface area (TPSA) is 99.3 Å². The van der Waals surface area contributed by atoms with Crippen molar-refractivity contribution in [2.75, 3.05) is 6.54 Å². The van der Waals surface area contributed by atoms with Crippen LogP contribution in [0.25, 0.3) is 0 Å². The highest BCUT2D eigenvalue weighted by atomic mass is 32.2. The van der Waals surface area contributed by atoms with E-state index in [1.807, 2.05) is 0 Å². The number of fused-ring (bicyclic) bond motifs is 1. The lowest BCUT2D eigenvalue weighted by molar-refractivity contribution is 0.0918. The van der Waals surface area contributed by atoms with Crippen molar-refractivity contribution < 1.29 is 13.2 Å². The van der Waals surface area contributed by atoms with Gasteiger partial charge in [-0.3, -0.25) is 15.6 Å². The largest absolute Gasteiger partial charge is 0.349 e. The third-order valence-corrected chi connectivity index (χ3v) is 6.79. The maximum atomic E-state index is 12.6. The first kappa shape index (κ1) is 17.0. The minimum absolute atomic E-state index is 0.0475. The van der Waals surface area contributed by atoms with Crippen molar-refractivity contribution in [1.29, 1.82) is 0 Å². The van der Waals surface area contributed by atoms with E-state index in [4.69, 9.17) is 0 Å². The first-order valence-corrected chi connectivity index (χ1v) is 10.4. The summed E-state index contributed by atoms with van der Waals surface area (Å²) < 4.78 is 27.3. The molecule has 1 heterocycles. The quantitative estimate of drug-likeness (QED) is 0.610. The molecule has 0 aromatic heterocycles. The van der Waals surface area contributed by atoms with Gasteiger partial charge in [0.25, 0.3) is 5.91 Å². The minimum atomic E-state index is -3.54. The number of sulfonamides is 1. The van der Waals surface area contributed by atoms with Crippen LogP contribution in [0.5, 0.6) is 0 Å². The predicted octanol–water partition coefficient (Wildman–Crippen LogP) is 0.502. The Morgan fingerprint density at radius 1 is 1.12 bits per heavy atom. The van der Waals surface area contributed by atoms with Crippen molar-refractivity contribution in [2.45, 2.75) is 55.1 Å². The highest BCUT2D eigenvalue weighted by Gasteiger charge is 2.34. The van der Waals surface area contributed by atoms with Gasteiger partial charge >= 0.3 is 0 Å². The van der Waals surface area contributed by atoms with Crippen LogP contribution < -0.4 is 20.9 Å². The fourth-order valence-electron chi connectivity index (χ4n) is 3.69. The fraction of sp³-hybridized carbons (Fsp3) is 0.588. The Hall–Kier alpha value is -1.48. The monoisotopic (exact) mass is 364 g/mol. The summed E-state index contributed by atoms with van der Waals surface area (Å²) in [4.78, 5) is 12.7. The van der Waals surface area contributed by atoms with Gasteiger partial charge in [0.15, 0.2) is 0 Å². The number of nitrogens with one attached hydrogen (secondary N) is 4. The molecule has 25 heavy (non-hydrogen) atoms. The molecule has 1 amide bonds. The van der Waals surface area contributed by atoms with Gasteiger partial charge in [0.2, 0.25) is 10.0 Å². The van der Waals surface area contributed by atoms with Crippen molar-refractivity contribution >= 4 is 15.9 Å². The van der Waals surface area contributed by atoms with Gasteiger partial charge < -0.3 is 5.32 Å². The van der Waals surface area contributed by atoms with Crippen LogP contribution in [0.1, 0.15) is 42.5 Å². The average molecular weight is 364 g/mol. The first-order valence-electron chi connectivity index (χ1n) is 8.93. The molecule has 3 fully saturated rings. The number of hydrazine groups is 1. The SMILES string of the molecule is O=C(NC1CCC2NNCC2C1)c1cccc(S(=O)(=O)NC2CC2)c1. The number of carbonyl (C=O) groups excluding carboxylic acids is 1. The average Bonchev–Trinajstić information content (AvgIpc) is 3.27. The number of amides is 1. The van der Waals surface area contributed by atoms with Gasteiger partial charge in [-0.25, -0.2) is 13.1 Å². The van der Waals surface area contributed by atoms with E-state index in [-0.39, 0.29) is 22.9 Å². The molecule has 0 radical (unpaired) electrons. The first-order chi connectivity index (χ1) is 12.0. The summed E-state index contributed by atoms with van der Waals surface area (Å²) in [7, 11) is -3.54. The summed E-state index contributed by atoms with van der Waals surface area (Å²) in [6.45, 7) is 0.928. The van der Waals surface area contributed by atoms with Crippen molar-refractivity contribution in [3.8, 4) is 0 Å². The van der Waals surface area contributed by atoms with Crippen LogP contribution in [0.15, 0.2) is 29.2 Å². The molecule has 7 nitrogen and oxygen atoms in total. The van der Waals surface area contributed by atoms with E-state index < -0.39 is 10.0 Å². The van der Waals surface area contributed by atoms with Crippen molar-refractivity contribution in [3.63, 3.8) is 0 Å². The molecule has 1 aromatic rings. The summed E-state index contributed by atoms with van der Waals surface area (Å²) in [6.07, 6.45) is 4.67. The lowest BCUT2D eigenvalue weighted by Gasteiger charge is -2.31. The zero-order valence-corrected chi connectivity index (χ0v) is 14.8. The predicted molar refractivity (Wildman–Crippen MR) is 93.3 cm³/mol. The minimum Gasteiger partial charge on any atom is -0.349 e. The van der Waals surface area contributed by atoms with Gasteiger partial charge in [-0.1, -0.05) is 6.07 Å². The molecule has 2 aliphatic carbocycles. The molecular weight excluding hydrogens is 340 g/mol. The summed E-state index contributed by atoms with van der Waals surface area (Å²) in [5.41, 5.74) is 6.84. The third kappa shape index (κ3) is 3.87. The van der Waals surface area contributed by atoms with Crippen molar-refractivity contribution in [3.05, 3.63) is 29.8 Å². The van der Waals surface area contributed by atoms with Gasteiger partial charge in [-0.05, 0) is 56.2 Å². The zero-order valence-electron chi connectivity index (χ0n) is 14.0. The van der Waals surface area contributed by atoms with Crippen LogP contribution in [0.3, 0.4) is 0 Å². The molecule has 1 saturated heterocycles. The maximum absolute atomic E-state index is 12.6. The summed E-state index contributed by atoms with van der Waals surface area (Å²) in [5, 5.41) is 3.07. The van der Waals surface area contributed by atoms with E-state index in [0.717, 1.165) is 38.6 Å². The molecule has 1 aliphatic heterocycles. The van der Waals surface area contributed by atoms with Gasteiger partial charge in [0.1, 0.15) is 0 Å². The molecule has 4 rings (SSSR count). The molecule has 8 heteroatoms. The fourth-order valence-corrected chi connectivity index (χ4v) is 5.04. The molecular formula is C17H24N4O3S. The number of hydrogen-bond donors (Lipinski definition) is 4. The van der Waals surface area contributed by atoms with Crippen LogP contribution in [0, 0.1) is 5.92 Å². The smallest absolute Gasteiger partial charge is 0.251 e. The Balaban J connectivity index is 1.42. The maximum Gasteiger partial charge on any atom is 0.251 e. The van der Waals surface area contributed by atoms with E-state index in [2.05, 4.69) is 20.9 Å². The van der Waals surface area contributed by atoms with Gasteiger partial charge in [0.05, 0.1) is 4.90 Å². The molecule has 4 N–H and O–H groups in total. The van der Waals surface area contributed by atoms with Crippen molar-refractivity contribution in [1.82, 2.24) is 20.9 Å². The van der Waals surface area contributed by atoms with E-state index in [0.29, 0.717) is 17.5 Å². The second kappa shape index (κ2) is 6.68. The second-order valence-corrected chi connectivity index (χ2v) is 9.01. The third-order valence-electron chi connectivity index (χ3n) is 5.28. The molecule has 2 saturated carbocycles. The van der Waals surface area contributed by atoms with E-state index in [1.165, 1.54) is 12.1 Å². The molecule has 1 aromatic carbocycles. The van der Waals surface area contributed by atoms with Crippen molar-refractivity contribution in [2.24, 2.45) is 5.92 Å². The van der Waals surface area contributed by atoms with Gasteiger partial charge in [-0.15, -0.1) is 0 Å². The van der Waals surface area contributed by atoms with Crippen LogP contribution in [0.4, 0.5) is 0 Å². The van der Waals surface area contributed by atoms with Crippen LogP contribution in [0.2, 0.25) is 0 Å². The van der Waals surface area contributed by atoms with Crippen LogP contribution >= 0.6 is 0 Å². The molecule has 3 unspecified atom stereocenters. The van der Waals surface area contributed by atoms with E-state index in [1.54, 1.807) is 12.1 Å². The highest BCUT2D eigenvalue weighted by Crippen LogP contribution is 2.27.